The summed E-state index contributed by atoms with van der Waals surface area (Å²) < 4.78 is 11.1. The fourth-order valence-corrected chi connectivity index (χ4v) is 2.68. The van der Waals surface area contributed by atoms with Gasteiger partial charge in [-0.15, -0.1) is 0 Å². The van der Waals surface area contributed by atoms with Crippen LogP contribution >= 0.6 is 0 Å². The number of ether oxygens (including phenoxy) is 1. The van der Waals surface area contributed by atoms with Gasteiger partial charge in [0.1, 0.15) is 17.1 Å². The summed E-state index contributed by atoms with van der Waals surface area (Å²) in [5, 5.41) is 9.26. The molecule has 0 fully saturated rings. The van der Waals surface area contributed by atoms with E-state index in [4.69, 9.17) is 9.15 Å². The highest BCUT2D eigenvalue weighted by molar-refractivity contribution is 5.89. The van der Waals surface area contributed by atoms with Crippen LogP contribution in [0.5, 0.6) is 5.75 Å². The first-order valence-corrected chi connectivity index (χ1v) is 9.10. The zero-order chi connectivity index (χ0) is 19.9. The highest BCUT2D eigenvalue weighted by Gasteiger charge is 2.14. The molecule has 146 valence electrons. The molecule has 7 nitrogen and oxygen atoms in total. The molecule has 1 atom stereocenters. The number of rotatable bonds is 7. The van der Waals surface area contributed by atoms with Crippen LogP contribution < -0.4 is 20.7 Å². The number of fused-ring (bicyclic) bond motifs is 1. The third-order valence-corrected chi connectivity index (χ3v) is 4.08. The molecule has 3 N–H and O–H groups in total. The number of carbonyl (C=O) groups excluding carboxylic acids is 2. The number of urea groups is 1. The molecule has 3 aromatic rings. The smallest absolute Gasteiger partial charge is 0.319 e. The van der Waals surface area contributed by atoms with Gasteiger partial charge < -0.3 is 25.1 Å². The highest BCUT2D eigenvalue weighted by atomic mass is 16.5. The fraction of sp³-hybridized carbons (Fsp3) is 0.238. The largest absolute Gasteiger partial charge is 0.484 e. The number of hydrogen-bond acceptors (Lipinski definition) is 4. The van der Waals surface area contributed by atoms with Crippen LogP contribution in [0.4, 0.5) is 10.5 Å². The number of para-hydroxylation sites is 1. The van der Waals surface area contributed by atoms with Crippen LogP contribution in [-0.4, -0.2) is 25.1 Å². The third kappa shape index (κ3) is 5.03. The van der Waals surface area contributed by atoms with E-state index < -0.39 is 0 Å². The summed E-state index contributed by atoms with van der Waals surface area (Å²) in [6.45, 7) is 4.22. The van der Waals surface area contributed by atoms with Gasteiger partial charge in [-0.05, 0) is 50.2 Å². The maximum Gasteiger partial charge on any atom is 0.319 e. The van der Waals surface area contributed by atoms with Crippen molar-refractivity contribution in [2.24, 2.45) is 0 Å². The second-order valence-electron chi connectivity index (χ2n) is 6.27. The second kappa shape index (κ2) is 8.94. The Kier molecular flexibility index (Phi) is 6.16. The summed E-state index contributed by atoms with van der Waals surface area (Å²) in [5.41, 5.74) is 1.40. The van der Waals surface area contributed by atoms with Crippen molar-refractivity contribution in [2.75, 3.05) is 18.5 Å². The van der Waals surface area contributed by atoms with Crippen LogP contribution in [-0.2, 0) is 4.79 Å². The molecule has 7 heteroatoms. The summed E-state index contributed by atoms with van der Waals surface area (Å²) >= 11 is 0. The quantitative estimate of drug-likeness (QED) is 0.580. The molecule has 1 heterocycles. The van der Waals surface area contributed by atoms with Crippen LogP contribution in [0.25, 0.3) is 11.0 Å². The molecule has 0 aliphatic heterocycles. The van der Waals surface area contributed by atoms with Gasteiger partial charge in [0.05, 0.1) is 6.04 Å². The van der Waals surface area contributed by atoms with Crippen molar-refractivity contribution in [3.05, 3.63) is 60.4 Å². The van der Waals surface area contributed by atoms with Crippen molar-refractivity contribution in [3.63, 3.8) is 0 Å². The number of carbonyl (C=O) groups is 2. The highest BCUT2D eigenvalue weighted by Crippen LogP contribution is 2.23. The average molecular weight is 381 g/mol. The minimum Gasteiger partial charge on any atom is -0.484 e. The molecule has 0 bridgehead atoms. The molecule has 3 rings (SSSR count). The normalized spacial score (nSPS) is 11.6. The molecule has 1 aromatic heterocycles. The van der Waals surface area contributed by atoms with Crippen molar-refractivity contribution < 1.29 is 18.7 Å². The standard InChI is InChI=1S/C21H23N3O4/c1-3-22-20(25)13-27-17-10-8-16(9-11-17)24-21(26)23-14(2)19-12-15-6-4-5-7-18(15)28-19/h4-12,14H,3,13H2,1-2H3,(H,22,25)(H2,23,24,26)/t14-/m0/s1. The number of hydrogen-bond donors (Lipinski definition) is 3. The van der Waals surface area contributed by atoms with Crippen LogP contribution in [0.2, 0.25) is 0 Å². The minimum atomic E-state index is -0.344. The van der Waals surface area contributed by atoms with Gasteiger partial charge in [-0.3, -0.25) is 4.79 Å². The van der Waals surface area contributed by atoms with Gasteiger partial charge in [-0.1, -0.05) is 18.2 Å². The maximum absolute atomic E-state index is 12.2. The Bertz CT molecular complexity index is 917. The van der Waals surface area contributed by atoms with Crippen molar-refractivity contribution in [1.82, 2.24) is 10.6 Å². The molecule has 0 aliphatic rings. The van der Waals surface area contributed by atoms with E-state index in [-0.39, 0.29) is 24.6 Å². The van der Waals surface area contributed by atoms with Gasteiger partial charge in [-0.25, -0.2) is 4.79 Å². The monoisotopic (exact) mass is 381 g/mol. The molecule has 0 spiro atoms. The van der Waals surface area contributed by atoms with Crippen molar-refractivity contribution in [3.8, 4) is 5.75 Å². The van der Waals surface area contributed by atoms with E-state index in [9.17, 15) is 9.59 Å². The van der Waals surface area contributed by atoms with E-state index in [1.807, 2.05) is 44.2 Å². The molecule has 0 aliphatic carbocycles. The summed E-state index contributed by atoms with van der Waals surface area (Å²) in [5.74, 6) is 1.06. The van der Waals surface area contributed by atoms with Crippen LogP contribution in [0.1, 0.15) is 25.6 Å². The molecular weight excluding hydrogens is 358 g/mol. The SMILES string of the molecule is CCNC(=O)COc1ccc(NC(=O)N[C@@H](C)c2cc3ccccc3o2)cc1. The molecule has 0 saturated heterocycles. The first kappa shape index (κ1) is 19.3. The molecule has 0 radical (unpaired) electrons. The van der Waals surface area contributed by atoms with Crippen LogP contribution in [0.3, 0.4) is 0 Å². The second-order valence-corrected chi connectivity index (χ2v) is 6.27. The van der Waals surface area contributed by atoms with Crippen molar-refractivity contribution in [1.29, 1.82) is 0 Å². The third-order valence-electron chi connectivity index (χ3n) is 4.08. The number of nitrogens with one attached hydrogen (secondary N) is 3. The van der Waals surface area contributed by atoms with Gasteiger partial charge in [0.15, 0.2) is 6.61 Å². The van der Waals surface area contributed by atoms with Gasteiger partial charge in [-0.2, -0.15) is 0 Å². The van der Waals surface area contributed by atoms with E-state index in [0.29, 0.717) is 23.7 Å². The van der Waals surface area contributed by atoms with E-state index in [1.165, 1.54) is 0 Å². The molecule has 0 unspecified atom stereocenters. The minimum absolute atomic E-state index is 0.0455. The Morgan fingerprint density at radius 1 is 1.11 bits per heavy atom. The van der Waals surface area contributed by atoms with E-state index >= 15 is 0 Å². The summed E-state index contributed by atoms with van der Waals surface area (Å²) in [7, 11) is 0. The zero-order valence-corrected chi connectivity index (χ0v) is 15.8. The Balaban J connectivity index is 1.52. The maximum atomic E-state index is 12.2. The Labute approximate surface area is 163 Å². The number of amides is 3. The number of anilines is 1. The predicted octanol–water partition coefficient (Wildman–Crippen LogP) is 3.83. The first-order valence-electron chi connectivity index (χ1n) is 9.10. The topological polar surface area (TPSA) is 92.6 Å². The van der Waals surface area contributed by atoms with Crippen LogP contribution in [0, 0.1) is 0 Å². The lowest BCUT2D eigenvalue weighted by Crippen LogP contribution is -2.31. The fourth-order valence-electron chi connectivity index (χ4n) is 2.68. The molecular formula is C21H23N3O4. The Morgan fingerprint density at radius 2 is 1.86 bits per heavy atom. The molecule has 3 amide bonds. The lowest BCUT2D eigenvalue weighted by atomic mass is 10.2. The number of furan rings is 1. The summed E-state index contributed by atoms with van der Waals surface area (Å²) in [4.78, 5) is 23.6. The lowest BCUT2D eigenvalue weighted by Gasteiger charge is -2.13. The molecule has 28 heavy (non-hydrogen) atoms. The molecule has 0 saturated carbocycles. The summed E-state index contributed by atoms with van der Waals surface area (Å²) in [6, 6.07) is 15.8. The van der Waals surface area contributed by atoms with Gasteiger partial charge in [0, 0.05) is 17.6 Å². The van der Waals surface area contributed by atoms with Gasteiger partial charge >= 0.3 is 6.03 Å². The predicted molar refractivity (Wildman–Crippen MR) is 107 cm³/mol. The number of benzene rings is 2. The van der Waals surface area contributed by atoms with E-state index in [1.54, 1.807) is 24.3 Å². The summed E-state index contributed by atoms with van der Waals surface area (Å²) in [6.07, 6.45) is 0. The molecule has 2 aromatic carbocycles. The Hall–Kier alpha value is -3.48. The van der Waals surface area contributed by atoms with Crippen molar-refractivity contribution in [2.45, 2.75) is 19.9 Å². The average Bonchev–Trinajstić information content (AvgIpc) is 3.12. The van der Waals surface area contributed by atoms with Gasteiger partial charge in [0.25, 0.3) is 5.91 Å². The van der Waals surface area contributed by atoms with E-state index in [2.05, 4.69) is 16.0 Å². The lowest BCUT2D eigenvalue weighted by molar-refractivity contribution is -0.122. The van der Waals surface area contributed by atoms with Gasteiger partial charge in [0.2, 0.25) is 0 Å². The van der Waals surface area contributed by atoms with Crippen molar-refractivity contribution >= 4 is 28.6 Å². The first-order chi connectivity index (χ1) is 13.5. The number of likely N-dealkylation sites (N-methyl/N-ethyl adjacent to an activating group) is 1. The van der Waals surface area contributed by atoms with E-state index in [0.717, 1.165) is 11.0 Å². The zero-order valence-electron chi connectivity index (χ0n) is 15.8. The Morgan fingerprint density at radius 3 is 2.57 bits per heavy atom. The van der Waals surface area contributed by atoms with Crippen LogP contribution in [0.15, 0.2) is 59.0 Å².